The molecule has 0 aromatic carbocycles. The van der Waals surface area contributed by atoms with Crippen molar-refractivity contribution >= 4 is 6.29 Å². The Balaban J connectivity index is 2.39. The molecular formula is C7H10O2. The number of allylic oxidation sites excluding steroid dienone is 1. The van der Waals surface area contributed by atoms with Crippen molar-refractivity contribution in [1.82, 2.24) is 0 Å². The van der Waals surface area contributed by atoms with E-state index in [0.29, 0.717) is 6.61 Å². The van der Waals surface area contributed by atoms with E-state index in [9.17, 15) is 4.79 Å². The van der Waals surface area contributed by atoms with E-state index in [0.717, 1.165) is 31.3 Å². The summed E-state index contributed by atoms with van der Waals surface area (Å²) in [5.74, 6) is 0. The Kier molecular flexibility index (Phi) is 2.46. The van der Waals surface area contributed by atoms with Crippen molar-refractivity contribution in [3.63, 3.8) is 0 Å². The van der Waals surface area contributed by atoms with Crippen molar-refractivity contribution in [3.8, 4) is 0 Å². The smallest absolute Gasteiger partial charge is 0.142 e. The van der Waals surface area contributed by atoms with Crippen molar-refractivity contribution in [2.24, 2.45) is 0 Å². The third-order valence-electron chi connectivity index (χ3n) is 1.38. The van der Waals surface area contributed by atoms with Gasteiger partial charge in [-0.3, -0.25) is 4.79 Å². The average Bonchev–Trinajstić information content (AvgIpc) is 1.91. The predicted molar refractivity (Wildman–Crippen MR) is 34.2 cm³/mol. The Labute approximate surface area is 54.5 Å². The van der Waals surface area contributed by atoms with Crippen LogP contribution in [0, 0.1) is 0 Å². The molecule has 1 fully saturated rings. The molecule has 0 unspecified atom stereocenters. The quantitative estimate of drug-likeness (QED) is 0.386. The van der Waals surface area contributed by atoms with E-state index in [4.69, 9.17) is 4.74 Å². The highest BCUT2D eigenvalue weighted by atomic mass is 16.5. The topological polar surface area (TPSA) is 26.3 Å². The lowest BCUT2D eigenvalue weighted by Gasteiger charge is -2.12. The lowest BCUT2D eigenvalue weighted by atomic mass is 10.1. The predicted octanol–water partition coefficient (Wildman–Crippen LogP) is 0.922. The number of rotatable bonds is 1. The van der Waals surface area contributed by atoms with E-state index in [1.54, 1.807) is 6.08 Å². The first-order chi connectivity index (χ1) is 4.43. The van der Waals surface area contributed by atoms with Gasteiger partial charge in [0.15, 0.2) is 0 Å². The Bertz CT molecular complexity index is 119. The van der Waals surface area contributed by atoms with Gasteiger partial charge in [0.25, 0.3) is 0 Å². The van der Waals surface area contributed by atoms with Gasteiger partial charge in [0.05, 0.1) is 6.61 Å². The molecule has 1 aliphatic rings. The Hall–Kier alpha value is -0.630. The van der Waals surface area contributed by atoms with Crippen LogP contribution in [0.15, 0.2) is 11.6 Å². The highest BCUT2D eigenvalue weighted by Gasteiger charge is 2.03. The minimum Gasteiger partial charge on any atom is -0.377 e. The molecule has 0 aromatic rings. The van der Waals surface area contributed by atoms with Gasteiger partial charge in [0.1, 0.15) is 6.29 Å². The number of carbonyl (C=O) groups is 1. The molecule has 9 heavy (non-hydrogen) atoms. The normalized spacial score (nSPS) is 24.2. The first-order valence-electron chi connectivity index (χ1n) is 3.14. The second kappa shape index (κ2) is 3.41. The second-order valence-corrected chi connectivity index (χ2v) is 2.12. The molecule has 1 aliphatic heterocycles. The Morgan fingerprint density at radius 2 is 2.44 bits per heavy atom. The maximum atomic E-state index is 9.94. The second-order valence-electron chi connectivity index (χ2n) is 2.12. The first kappa shape index (κ1) is 6.49. The van der Waals surface area contributed by atoms with Crippen LogP contribution in [0.3, 0.4) is 0 Å². The van der Waals surface area contributed by atoms with E-state index in [-0.39, 0.29) is 0 Å². The molecule has 0 bridgehead atoms. The van der Waals surface area contributed by atoms with Crippen molar-refractivity contribution in [2.45, 2.75) is 12.8 Å². The summed E-state index contributed by atoms with van der Waals surface area (Å²) in [6.45, 7) is 1.49. The van der Waals surface area contributed by atoms with E-state index in [2.05, 4.69) is 0 Å². The van der Waals surface area contributed by atoms with Crippen molar-refractivity contribution in [3.05, 3.63) is 11.6 Å². The fourth-order valence-electron chi connectivity index (χ4n) is 0.904. The van der Waals surface area contributed by atoms with Crippen LogP contribution < -0.4 is 0 Å². The van der Waals surface area contributed by atoms with Gasteiger partial charge in [-0.2, -0.15) is 0 Å². The maximum Gasteiger partial charge on any atom is 0.142 e. The minimum absolute atomic E-state index is 0.652. The van der Waals surface area contributed by atoms with E-state index < -0.39 is 0 Å². The molecule has 0 aliphatic carbocycles. The third kappa shape index (κ3) is 1.98. The van der Waals surface area contributed by atoms with Crippen LogP contribution in [0.25, 0.3) is 0 Å². The van der Waals surface area contributed by atoms with Crippen molar-refractivity contribution in [2.75, 3.05) is 13.2 Å². The van der Waals surface area contributed by atoms with E-state index >= 15 is 0 Å². The molecule has 0 aromatic heterocycles. The van der Waals surface area contributed by atoms with Crippen LogP contribution in [-0.4, -0.2) is 19.5 Å². The highest BCUT2D eigenvalue weighted by Crippen LogP contribution is 2.10. The number of aldehydes is 1. The van der Waals surface area contributed by atoms with Crippen LogP contribution in [0.1, 0.15) is 12.8 Å². The largest absolute Gasteiger partial charge is 0.377 e. The molecule has 0 radical (unpaired) electrons. The summed E-state index contributed by atoms with van der Waals surface area (Å²) in [6.07, 6.45) is 4.50. The van der Waals surface area contributed by atoms with Crippen LogP contribution in [-0.2, 0) is 9.53 Å². The summed E-state index contributed by atoms with van der Waals surface area (Å²) in [6, 6.07) is 0. The highest BCUT2D eigenvalue weighted by molar-refractivity contribution is 5.66. The van der Waals surface area contributed by atoms with Gasteiger partial charge in [-0.05, 0) is 24.5 Å². The van der Waals surface area contributed by atoms with Crippen LogP contribution >= 0.6 is 0 Å². The molecule has 2 nitrogen and oxygen atoms in total. The van der Waals surface area contributed by atoms with E-state index in [1.165, 1.54) is 0 Å². The summed E-state index contributed by atoms with van der Waals surface area (Å²) in [5, 5.41) is 0. The zero-order chi connectivity index (χ0) is 6.53. The Morgan fingerprint density at radius 3 is 3.00 bits per heavy atom. The minimum atomic E-state index is 0.652. The number of hydrogen-bond acceptors (Lipinski definition) is 2. The number of carbonyl (C=O) groups excluding carboxylic acids is 1. The number of ether oxygens (including phenoxy) is 1. The van der Waals surface area contributed by atoms with Gasteiger partial charge in [-0.25, -0.2) is 0 Å². The molecule has 1 heterocycles. The third-order valence-corrected chi connectivity index (χ3v) is 1.38. The standard InChI is InChI=1S/C7H10O2/c8-4-3-7-2-1-5-9-6-7/h3-4H,1-2,5-6H2/b7-3+. The molecule has 0 saturated carbocycles. The van der Waals surface area contributed by atoms with Crippen molar-refractivity contribution in [1.29, 1.82) is 0 Å². The van der Waals surface area contributed by atoms with Gasteiger partial charge in [-0.15, -0.1) is 0 Å². The zero-order valence-electron chi connectivity index (χ0n) is 5.30. The maximum absolute atomic E-state index is 9.94. The first-order valence-corrected chi connectivity index (χ1v) is 3.14. The monoisotopic (exact) mass is 126 g/mol. The lowest BCUT2D eigenvalue weighted by molar-refractivity contribution is -0.104. The molecule has 1 saturated heterocycles. The zero-order valence-corrected chi connectivity index (χ0v) is 5.30. The summed E-state index contributed by atoms with van der Waals surface area (Å²) in [7, 11) is 0. The molecule has 0 N–H and O–H groups in total. The summed E-state index contributed by atoms with van der Waals surface area (Å²) >= 11 is 0. The average molecular weight is 126 g/mol. The molecular weight excluding hydrogens is 116 g/mol. The fraction of sp³-hybridized carbons (Fsp3) is 0.571. The summed E-state index contributed by atoms with van der Waals surface area (Å²) < 4.78 is 5.11. The SMILES string of the molecule is O=C/C=C1\CCCOC1. The van der Waals surface area contributed by atoms with Crippen LogP contribution in [0.5, 0.6) is 0 Å². The van der Waals surface area contributed by atoms with Gasteiger partial charge in [-0.1, -0.05) is 0 Å². The molecule has 1 rings (SSSR count). The lowest BCUT2D eigenvalue weighted by Crippen LogP contribution is -2.07. The van der Waals surface area contributed by atoms with Crippen LogP contribution in [0.2, 0.25) is 0 Å². The number of hydrogen-bond donors (Lipinski definition) is 0. The van der Waals surface area contributed by atoms with Gasteiger partial charge < -0.3 is 4.74 Å². The summed E-state index contributed by atoms with van der Waals surface area (Å²) in [5.41, 5.74) is 1.12. The summed E-state index contributed by atoms with van der Waals surface area (Å²) in [4.78, 5) is 9.94. The van der Waals surface area contributed by atoms with Gasteiger partial charge >= 0.3 is 0 Å². The fourth-order valence-corrected chi connectivity index (χ4v) is 0.904. The molecule has 0 amide bonds. The van der Waals surface area contributed by atoms with Gasteiger partial charge in [0, 0.05) is 6.61 Å². The Morgan fingerprint density at radius 1 is 1.56 bits per heavy atom. The molecule has 2 heteroatoms. The van der Waals surface area contributed by atoms with Crippen LogP contribution in [0.4, 0.5) is 0 Å². The molecule has 0 atom stereocenters. The van der Waals surface area contributed by atoms with E-state index in [1.807, 2.05) is 0 Å². The van der Waals surface area contributed by atoms with Crippen molar-refractivity contribution < 1.29 is 9.53 Å². The molecule has 50 valence electrons. The van der Waals surface area contributed by atoms with Gasteiger partial charge in [0.2, 0.25) is 0 Å². The molecule has 0 spiro atoms.